The van der Waals surface area contributed by atoms with Gasteiger partial charge >= 0.3 is 5.97 Å². The highest BCUT2D eigenvalue weighted by Gasteiger charge is 2.77. The second kappa shape index (κ2) is 13.3. The highest BCUT2D eigenvalue weighted by atomic mass is 79.9. The standard InChI is InChI=1S/C32H42BrN3O7/c1-6-8-14-23(38)34-19-22(20-12-10-9-11-13-20)42-30(41)24-25-28(39)35(16-17-37)27(32(25)18-21(33)26(24)43-32)29(40)36(15-7-2)31(3,4)5/h6-7,9-13,21-22,24-27,37H,1-2,8,14-19H2,3-5H3,(H,34,38)/t21?,22-,24-,25+,26-,27-,32+/m1/s1. The number of nitrogens with one attached hydrogen (secondary N) is 1. The van der Waals surface area contributed by atoms with E-state index in [1.54, 1.807) is 29.2 Å². The summed E-state index contributed by atoms with van der Waals surface area (Å²) < 4.78 is 12.6. The van der Waals surface area contributed by atoms with Crippen molar-refractivity contribution >= 4 is 39.6 Å². The maximum Gasteiger partial charge on any atom is 0.313 e. The summed E-state index contributed by atoms with van der Waals surface area (Å²) in [5.41, 5.74) is -1.18. The first-order chi connectivity index (χ1) is 20.4. The number of allylic oxidation sites excluding steroid dienone is 1. The largest absolute Gasteiger partial charge is 0.455 e. The molecule has 234 valence electrons. The number of aliphatic hydroxyl groups is 1. The lowest BCUT2D eigenvalue weighted by Crippen LogP contribution is -2.60. The van der Waals surface area contributed by atoms with Crippen LogP contribution in [0.4, 0.5) is 0 Å². The van der Waals surface area contributed by atoms with Crippen LogP contribution < -0.4 is 5.32 Å². The average molecular weight is 661 g/mol. The summed E-state index contributed by atoms with van der Waals surface area (Å²) in [4.78, 5) is 57.4. The van der Waals surface area contributed by atoms with Gasteiger partial charge in [0, 0.05) is 29.9 Å². The first-order valence-electron chi connectivity index (χ1n) is 14.7. The number of likely N-dealkylation sites (tertiary alicyclic amines) is 1. The van der Waals surface area contributed by atoms with Crippen molar-refractivity contribution in [2.45, 2.75) is 74.3 Å². The summed E-state index contributed by atoms with van der Waals surface area (Å²) >= 11 is 3.66. The van der Waals surface area contributed by atoms with Gasteiger partial charge in [0.25, 0.3) is 0 Å². The van der Waals surface area contributed by atoms with E-state index in [0.29, 0.717) is 18.4 Å². The van der Waals surface area contributed by atoms with Gasteiger partial charge in [-0.2, -0.15) is 0 Å². The van der Waals surface area contributed by atoms with Gasteiger partial charge in [-0.25, -0.2) is 0 Å². The molecule has 0 saturated carbocycles. The van der Waals surface area contributed by atoms with Crippen LogP contribution in [0.3, 0.4) is 0 Å². The third kappa shape index (κ3) is 6.30. The first kappa shape index (κ1) is 32.9. The second-order valence-corrected chi connectivity index (χ2v) is 13.5. The number of fused-ring (bicyclic) bond motifs is 1. The number of benzene rings is 1. The third-order valence-corrected chi connectivity index (χ3v) is 9.36. The molecule has 4 rings (SSSR count). The van der Waals surface area contributed by atoms with Crippen molar-refractivity contribution in [3.63, 3.8) is 0 Å². The van der Waals surface area contributed by atoms with Gasteiger partial charge in [0.1, 0.15) is 17.7 Å². The Balaban J connectivity index is 1.66. The molecule has 3 fully saturated rings. The minimum atomic E-state index is -1.28. The average Bonchev–Trinajstić information content (AvgIpc) is 3.55. The lowest BCUT2D eigenvalue weighted by Gasteiger charge is -2.42. The molecule has 3 amide bonds. The first-order valence-corrected chi connectivity index (χ1v) is 15.6. The minimum Gasteiger partial charge on any atom is -0.455 e. The lowest BCUT2D eigenvalue weighted by molar-refractivity contribution is -0.160. The van der Waals surface area contributed by atoms with Crippen molar-refractivity contribution < 1.29 is 33.8 Å². The molecular weight excluding hydrogens is 618 g/mol. The Morgan fingerprint density at radius 1 is 1.26 bits per heavy atom. The Kier molecular flexibility index (Phi) is 10.2. The van der Waals surface area contributed by atoms with Crippen molar-refractivity contribution in [3.05, 3.63) is 61.2 Å². The Bertz CT molecular complexity index is 1240. The summed E-state index contributed by atoms with van der Waals surface area (Å²) in [6.07, 6.45) is 2.89. The fraction of sp³-hybridized carbons (Fsp3) is 0.562. The number of hydrogen-bond acceptors (Lipinski definition) is 7. The predicted molar refractivity (Wildman–Crippen MR) is 164 cm³/mol. The zero-order valence-corrected chi connectivity index (χ0v) is 26.6. The highest BCUT2D eigenvalue weighted by Crippen LogP contribution is 2.60. The van der Waals surface area contributed by atoms with Gasteiger partial charge in [0.05, 0.1) is 31.1 Å². The van der Waals surface area contributed by atoms with E-state index in [-0.39, 0.29) is 49.3 Å². The number of carbonyl (C=O) groups is 4. The Hall–Kier alpha value is -3.02. The molecule has 1 aromatic rings. The molecule has 1 spiro atoms. The molecule has 1 unspecified atom stereocenters. The van der Waals surface area contributed by atoms with Crippen molar-refractivity contribution in [2.75, 3.05) is 26.2 Å². The molecule has 3 saturated heterocycles. The van der Waals surface area contributed by atoms with E-state index < -0.39 is 53.1 Å². The van der Waals surface area contributed by atoms with Gasteiger partial charge in [0.15, 0.2) is 0 Å². The van der Waals surface area contributed by atoms with Crippen LogP contribution in [-0.2, 0) is 28.7 Å². The molecule has 11 heteroatoms. The van der Waals surface area contributed by atoms with E-state index in [4.69, 9.17) is 9.47 Å². The fourth-order valence-corrected chi connectivity index (χ4v) is 7.58. The number of esters is 1. The van der Waals surface area contributed by atoms with Crippen molar-refractivity contribution in [2.24, 2.45) is 11.8 Å². The van der Waals surface area contributed by atoms with Crippen LogP contribution in [0.15, 0.2) is 55.6 Å². The molecule has 3 heterocycles. The van der Waals surface area contributed by atoms with E-state index in [9.17, 15) is 24.3 Å². The number of alkyl halides is 1. The summed E-state index contributed by atoms with van der Waals surface area (Å²) in [5, 5.41) is 12.7. The fourth-order valence-electron chi connectivity index (χ4n) is 6.64. The Morgan fingerprint density at radius 2 is 1.95 bits per heavy atom. The molecule has 7 atom stereocenters. The van der Waals surface area contributed by atoms with Gasteiger partial charge < -0.3 is 29.7 Å². The maximum atomic E-state index is 14.3. The van der Waals surface area contributed by atoms with Gasteiger partial charge in [0.2, 0.25) is 17.7 Å². The van der Waals surface area contributed by atoms with E-state index >= 15 is 0 Å². The number of halogens is 1. The normalized spacial score (nSPS) is 28.3. The van der Waals surface area contributed by atoms with Gasteiger partial charge in [-0.15, -0.1) is 13.2 Å². The Morgan fingerprint density at radius 3 is 2.56 bits per heavy atom. The van der Waals surface area contributed by atoms with E-state index in [1.165, 1.54) is 4.90 Å². The third-order valence-electron chi connectivity index (χ3n) is 8.51. The number of carbonyl (C=O) groups excluding carboxylic acids is 4. The topological polar surface area (TPSA) is 125 Å². The molecule has 10 nitrogen and oxygen atoms in total. The molecule has 0 aromatic heterocycles. The molecule has 2 bridgehead atoms. The van der Waals surface area contributed by atoms with Gasteiger partial charge in [-0.3, -0.25) is 19.2 Å². The van der Waals surface area contributed by atoms with Gasteiger partial charge in [-0.1, -0.05) is 58.4 Å². The van der Waals surface area contributed by atoms with Gasteiger partial charge in [-0.05, 0) is 39.2 Å². The van der Waals surface area contributed by atoms with Crippen LogP contribution >= 0.6 is 15.9 Å². The molecule has 3 aliphatic rings. The molecule has 1 aromatic carbocycles. The van der Waals surface area contributed by atoms with Crippen LogP contribution in [0.2, 0.25) is 0 Å². The second-order valence-electron chi connectivity index (χ2n) is 12.3. The quantitative estimate of drug-likeness (QED) is 0.190. The zero-order valence-electron chi connectivity index (χ0n) is 25.0. The molecule has 0 radical (unpaired) electrons. The summed E-state index contributed by atoms with van der Waals surface area (Å²) in [6, 6.07) is 8.04. The Labute approximate surface area is 261 Å². The van der Waals surface area contributed by atoms with Crippen molar-refractivity contribution in [1.29, 1.82) is 0 Å². The summed E-state index contributed by atoms with van der Waals surface area (Å²) in [6.45, 7) is 13.0. The number of nitrogens with zero attached hydrogens (tertiary/aromatic N) is 2. The SMILES string of the molecule is C=CCCC(=O)NC[C@@H](OC(=O)[C@H]1[C@@H]2O[C@@]3(CC2Br)[C@@H]1C(=O)N(CCO)[C@@H]3C(=O)N(CC=C)C(C)(C)C)c1ccccc1. The van der Waals surface area contributed by atoms with E-state index in [0.717, 1.165) is 0 Å². The van der Waals surface area contributed by atoms with E-state index in [1.807, 2.05) is 39.0 Å². The van der Waals surface area contributed by atoms with Crippen LogP contribution in [0.5, 0.6) is 0 Å². The molecule has 2 N–H and O–H groups in total. The lowest BCUT2D eigenvalue weighted by atomic mass is 9.70. The monoisotopic (exact) mass is 659 g/mol. The van der Waals surface area contributed by atoms with E-state index in [2.05, 4.69) is 34.4 Å². The number of ether oxygens (including phenoxy) is 2. The molecule has 43 heavy (non-hydrogen) atoms. The minimum absolute atomic E-state index is 0.0469. The number of β-amino-alcohol motifs (C(OH)–C–C–N with tert-alkyl or cyclic N) is 1. The zero-order chi connectivity index (χ0) is 31.5. The smallest absolute Gasteiger partial charge is 0.313 e. The number of rotatable bonds is 13. The number of amides is 3. The van der Waals surface area contributed by atoms with Crippen LogP contribution in [0.25, 0.3) is 0 Å². The summed E-state index contributed by atoms with van der Waals surface area (Å²) in [7, 11) is 0. The van der Waals surface area contributed by atoms with Crippen molar-refractivity contribution in [1.82, 2.24) is 15.1 Å². The van der Waals surface area contributed by atoms with Crippen LogP contribution in [0.1, 0.15) is 51.7 Å². The number of aliphatic hydroxyl groups excluding tert-OH is 1. The van der Waals surface area contributed by atoms with Crippen molar-refractivity contribution in [3.8, 4) is 0 Å². The highest BCUT2D eigenvalue weighted by molar-refractivity contribution is 9.09. The van der Waals surface area contributed by atoms with Crippen LogP contribution in [-0.4, -0.2) is 93.0 Å². The summed E-state index contributed by atoms with van der Waals surface area (Å²) in [5.74, 6) is -3.54. The number of hydrogen-bond donors (Lipinski definition) is 2. The molecular formula is C32H42BrN3O7. The molecule has 3 aliphatic heterocycles. The predicted octanol–water partition coefficient (Wildman–Crippen LogP) is 2.91. The molecule has 0 aliphatic carbocycles. The van der Waals surface area contributed by atoms with Crippen LogP contribution in [0, 0.1) is 11.8 Å². The maximum absolute atomic E-state index is 14.3.